The summed E-state index contributed by atoms with van der Waals surface area (Å²) in [6.45, 7) is 4.33. The van der Waals surface area contributed by atoms with Crippen LogP contribution in [0.3, 0.4) is 0 Å². The smallest absolute Gasteiger partial charge is 0.313 e. The molecular formula is C28H33ClN2O6. The van der Waals surface area contributed by atoms with Crippen molar-refractivity contribution < 1.29 is 29.0 Å². The Morgan fingerprint density at radius 3 is 2.68 bits per heavy atom. The Bertz CT molecular complexity index is 1150. The molecule has 0 aromatic heterocycles. The number of cyclic esters (lactones) is 1. The number of hydrogen-bond donors (Lipinski definition) is 1. The number of aliphatic hydroxyl groups is 1. The number of likely N-dealkylation sites (tertiary alicyclic amines) is 1. The quantitative estimate of drug-likeness (QED) is 0.466. The van der Waals surface area contributed by atoms with Gasteiger partial charge in [0.25, 0.3) is 5.91 Å². The third-order valence-corrected chi connectivity index (χ3v) is 8.45. The van der Waals surface area contributed by atoms with Crippen LogP contribution in [-0.2, 0) is 23.9 Å². The lowest BCUT2D eigenvalue weighted by atomic mass is 9.73. The number of carbonyl (C=O) groups is 3. The van der Waals surface area contributed by atoms with Crippen LogP contribution in [-0.4, -0.2) is 71.3 Å². The summed E-state index contributed by atoms with van der Waals surface area (Å²) in [5.74, 6) is -2.97. The fourth-order valence-corrected chi connectivity index (χ4v) is 6.84. The van der Waals surface area contributed by atoms with Gasteiger partial charge >= 0.3 is 5.97 Å². The molecule has 1 spiro atoms. The molecule has 1 aromatic rings. The Balaban J connectivity index is 1.68. The van der Waals surface area contributed by atoms with Crippen molar-refractivity contribution in [3.63, 3.8) is 0 Å². The summed E-state index contributed by atoms with van der Waals surface area (Å²) in [6, 6.07) is 4.42. The predicted octanol–water partition coefficient (Wildman–Crippen LogP) is 3.19. The second-order valence-electron chi connectivity index (χ2n) is 10.2. The number of halogens is 1. The number of nitrogens with zero attached hydrogens (tertiary/aromatic N) is 2. The lowest BCUT2D eigenvalue weighted by Gasteiger charge is -2.38. The summed E-state index contributed by atoms with van der Waals surface area (Å²) in [4.78, 5) is 45.1. The van der Waals surface area contributed by atoms with Gasteiger partial charge in [0.2, 0.25) is 5.91 Å². The average molecular weight is 529 g/mol. The first-order valence-electron chi connectivity index (χ1n) is 13.0. The van der Waals surface area contributed by atoms with Crippen molar-refractivity contribution in [1.29, 1.82) is 0 Å². The molecule has 1 N–H and O–H groups in total. The molecule has 2 saturated heterocycles. The molecule has 0 saturated carbocycles. The summed E-state index contributed by atoms with van der Waals surface area (Å²) in [5.41, 5.74) is -1.03. The van der Waals surface area contributed by atoms with E-state index >= 15 is 0 Å². The molecule has 5 rings (SSSR count). The molecule has 198 valence electrons. The van der Waals surface area contributed by atoms with Gasteiger partial charge in [0.05, 0.1) is 23.2 Å². The summed E-state index contributed by atoms with van der Waals surface area (Å²) in [5, 5.41) is 10.00. The van der Waals surface area contributed by atoms with E-state index in [9.17, 15) is 19.5 Å². The second kappa shape index (κ2) is 9.89. The highest BCUT2D eigenvalue weighted by molar-refractivity contribution is 6.34. The van der Waals surface area contributed by atoms with Gasteiger partial charge in [-0.05, 0) is 44.2 Å². The van der Waals surface area contributed by atoms with Gasteiger partial charge in [0, 0.05) is 19.7 Å². The Labute approximate surface area is 221 Å². The van der Waals surface area contributed by atoms with Crippen molar-refractivity contribution in [1.82, 2.24) is 4.90 Å². The summed E-state index contributed by atoms with van der Waals surface area (Å²) in [6.07, 6.45) is 9.67. The Morgan fingerprint density at radius 2 is 1.95 bits per heavy atom. The number of anilines is 1. The first-order chi connectivity index (χ1) is 17.8. The van der Waals surface area contributed by atoms with Crippen LogP contribution in [0.1, 0.15) is 38.2 Å². The Morgan fingerprint density at radius 1 is 1.14 bits per heavy atom. The van der Waals surface area contributed by atoms with Gasteiger partial charge in [-0.25, -0.2) is 0 Å². The maximum Gasteiger partial charge on any atom is 0.313 e. The Kier molecular flexibility index (Phi) is 6.94. The number of esters is 1. The second-order valence-corrected chi connectivity index (χ2v) is 10.6. The maximum absolute atomic E-state index is 14.4. The predicted molar refractivity (Wildman–Crippen MR) is 138 cm³/mol. The van der Waals surface area contributed by atoms with Gasteiger partial charge in [-0.2, -0.15) is 0 Å². The fourth-order valence-electron chi connectivity index (χ4n) is 6.52. The zero-order chi connectivity index (χ0) is 26.4. The highest BCUT2D eigenvalue weighted by Crippen LogP contribution is 2.58. The number of aryl methyl sites for hydroxylation is 1. The zero-order valence-electron chi connectivity index (χ0n) is 21.2. The number of fused-ring (bicyclic) bond motifs is 2. The average Bonchev–Trinajstić information content (AvgIpc) is 3.25. The topological polar surface area (TPSA) is 96.4 Å². The summed E-state index contributed by atoms with van der Waals surface area (Å²) < 4.78 is 12.5. The minimum Gasteiger partial charge on any atom is -0.465 e. The summed E-state index contributed by atoms with van der Waals surface area (Å²) >= 11 is 6.56. The number of hydrogen-bond acceptors (Lipinski definition) is 6. The molecule has 4 heterocycles. The largest absolute Gasteiger partial charge is 0.465 e. The molecule has 9 heteroatoms. The van der Waals surface area contributed by atoms with Gasteiger partial charge in [0.1, 0.15) is 23.2 Å². The van der Waals surface area contributed by atoms with E-state index in [1.54, 1.807) is 17.0 Å². The van der Waals surface area contributed by atoms with Crippen molar-refractivity contribution in [3.8, 4) is 0 Å². The molecule has 2 fully saturated rings. The van der Waals surface area contributed by atoms with Crippen molar-refractivity contribution in [2.75, 3.05) is 31.2 Å². The van der Waals surface area contributed by atoms with Gasteiger partial charge in [-0.1, -0.05) is 55.0 Å². The van der Waals surface area contributed by atoms with E-state index in [1.807, 2.05) is 44.2 Å². The maximum atomic E-state index is 14.4. The number of allylic oxidation sites excluding steroid dienone is 1. The van der Waals surface area contributed by atoms with Gasteiger partial charge in [-0.3, -0.25) is 14.4 Å². The number of amides is 2. The lowest BCUT2D eigenvalue weighted by Crippen LogP contribution is -2.56. The van der Waals surface area contributed by atoms with E-state index in [-0.39, 0.29) is 38.1 Å². The minimum absolute atomic E-state index is 0.139. The number of para-hydroxylation sites is 1. The molecule has 0 radical (unpaired) electrons. The molecule has 37 heavy (non-hydrogen) atoms. The third-order valence-electron chi connectivity index (χ3n) is 8.15. The molecule has 4 aliphatic heterocycles. The van der Waals surface area contributed by atoms with Gasteiger partial charge in [0.15, 0.2) is 0 Å². The molecule has 8 nitrogen and oxygen atoms in total. The molecule has 0 bridgehead atoms. The van der Waals surface area contributed by atoms with Crippen LogP contribution < -0.4 is 4.90 Å². The number of ether oxygens (including phenoxy) is 2. The molecule has 1 aromatic carbocycles. The van der Waals surface area contributed by atoms with Crippen LogP contribution in [0.2, 0.25) is 5.02 Å². The van der Waals surface area contributed by atoms with E-state index in [4.69, 9.17) is 21.1 Å². The lowest BCUT2D eigenvalue weighted by molar-refractivity contribution is -0.159. The third kappa shape index (κ3) is 3.92. The number of carbonyl (C=O) groups excluding carboxylic acids is 3. The zero-order valence-corrected chi connectivity index (χ0v) is 21.9. The standard InChI is InChI=1S/C28H33ClN2O6/c1-3-27-12-5-4-6-17-36-26(35)21(27)20-24(33)31(15-9-16-32)23-25(34)30(14-8-13-28(20,23)37-27)22-18(2)10-7-11-19(22)29/h5,7-8,10-13,20-21,23,32H,3-4,6,9,14-17H2,1-2H3/b12-5-/t20-,21+,23?,27-,28-/m0/s1. The molecule has 1 unspecified atom stereocenters. The number of aliphatic hydroxyl groups excluding tert-OH is 1. The highest BCUT2D eigenvalue weighted by Gasteiger charge is 2.75. The first kappa shape index (κ1) is 25.9. The first-order valence-corrected chi connectivity index (χ1v) is 13.4. The minimum atomic E-state index is -1.36. The fraction of sp³-hybridized carbons (Fsp3) is 0.536. The van der Waals surface area contributed by atoms with Crippen LogP contribution in [0.15, 0.2) is 42.5 Å². The van der Waals surface area contributed by atoms with E-state index in [2.05, 4.69) is 0 Å². The van der Waals surface area contributed by atoms with Crippen LogP contribution in [0.25, 0.3) is 0 Å². The number of rotatable bonds is 5. The van der Waals surface area contributed by atoms with Crippen molar-refractivity contribution in [3.05, 3.63) is 53.1 Å². The van der Waals surface area contributed by atoms with Crippen LogP contribution in [0.4, 0.5) is 5.69 Å². The van der Waals surface area contributed by atoms with E-state index in [0.29, 0.717) is 30.0 Å². The normalized spacial score (nSPS) is 34.2. The van der Waals surface area contributed by atoms with Crippen molar-refractivity contribution >= 4 is 35.1 Å². The molecule has 5 atom stereocenters. The molecular weight excluding hydrogens is 496 g/mol. The van der Waals surface area contributed by atoms with Crippen molar-refractivity contribution in [2.24, 2.45) is 11.8 Å². The Hall–Kier alpha value is -2.68. The molecule has 0 aliphatic carbocycles. The van der Waals surface area contributed by atoms with Gasteiger partial charge in [-0.15, -0.1) is 0 Å². The monoisotopic (exact) mass is 528 g/mol. The number of benzene rings is 1. The highest BCUT2D eigenvalue weighted by atomic mass is 35.5. The summed E-state index contributed by atoms with van der Waals surface area (Å²) in [7, 11) is 0. The van der Waals surface area contributed by atoms with Crippen LogP contribution in [0, 0.1) is 18.8 Å². The van der Waals surface area contributed by atoms with Crippen LogP contribution in [0.5, 0.6) is 0 Å². The van der Waals surface area contributed by atoms with E-state index in [0.717, 1.165) is 12.0 Å². The van der Waals surface area contributed by atoms with Crippen LogP contribution >= 0.6 is 11.6 Å². The SMILES string of the molecule is CC[C@]12/C=C\CCCOC(=O)[C@H]1[C@H]1C(=O)N(CCCO)C3C(=O)N(c4c(C)cccc4Cl)CC=C[C@@]31O2. The van der Waals surface area contributed by atoms with E-state index in [1.165, 1.54) is 4.90 Å². The van der Waals surface area contributed by atoms with E-state index < -0.39 is 35.0 Å². The van der Waals surface area contributed by atoms with Gasteiger partial charge < -0.3 is 24.4 Å². The van der Waals surface area contributed by atoms with Crippen molar-refractivity contribution in [2.45, 2.75) is 56.8 Å². The molecule has 2 amide bonds. The molecule has 4 aliphatic rings.